The number of carboxylic acids is 1. The Hall–Kier alpha value is -4.05. The van der Waals surface area contributed by atoms with Gasteiger partial charge in [0.25, 0.3) is 0 Å². The van der Waals surface area contributed by atoms with Gasteiger partial charge in [0.15, 0.2) is 5.78 Å². The summed E-state index contributed by atoms with van der Waals surface area (Å²) in [6.07, 6.45) is -0.420. The summed E-state index contributed by atoms with van der Waals surface area (Å²) in [5, 5.41) is 17.1. The third-order valence-electron chi connectivity index (χ3n) is 6.44. The molecule has 202 valence electrons. The number of fused-ring (bicyclic) bond motifs is 1. The van der Waals surface area contributed by atoms with Gasteiger partial charge in [-0.05, 0) is 29.0 Å². The van der Waals surface area contributed by atoms with Gasteiger partial charge >= 0.3 is 12.1 Å². The number of benzene rings is 2. The first-order valence-corrected chi connectivity index (χ1v) is 12.5. The molecule has 3 rings (SSSR count). The fourth-order valence-electron chi connectivity index (χ4n) is 4.58. The molecule has 4 N–H and O–H groups in total. The minimum atomic E-state index is -1.21. The predicted molar refractivity (Wildman–Crippen MR) is 138 cm³/mol. The predicted octanol–water partition coefficient (Wildman–Crippen LogP) is 2.17. The molecule has 2 unspecified atom stereocenters. The number of carbonyl (C=O) groups is 5. The smallest absolute Gasteiger partial charge is 0.408 e. The average Bonchev–Trinajstić information content (AvgIpc) is 3.27. The number of Topliss-reactive ketones (excluding diaryl/α,β-unsaturated/α-hetero) is 1. The molecule has 0 aromatic heterocycles. The number of nitrogens with one attached hydrogen (secondary N) is 3. The number of aliphatic carboxylic acids is 1. The molecule has 4 atom stereocenters. The van der Waals surface area contributed by atoms with Gasteiger partial charge in [-0.3, -0.25) is 14.4 Å². The minimum Gasteiger partial charge on any atom is -0.481 e. The van der Waals surface area contributed by atoms with Crippen LogP contribution in [-0.2, 0) is 36.9 Å². The van der Waals surface area contributed by atoms with Crippen LogP contribution in [0.3, 0.4) is 0 Å². The topological polar surface area (TPSA) is 151 Å². The Kier molecular flexibility index (Phi) is 10.1. The van der Waals surface area contributed by atoms with E-state index in [9.17, 15) is 24.0 Å². The number of hydrogen-bond donors (Lipinski definition) is 4. The van der Waals surface area contributed by atoms with Crippen molar-refractivity contribution in [3.63, 3.8) is 0 Å². The normalized spacial score (nSPS) is 17.7. The first kappa shape index (κ1) is 28.5. The third-order valence-corrected chi connectivity index (χ3v) is 6.44. The summed E-state index contributed by atoms with van der Waals surface area (Å²) in [6, 6.07) is 14.2. The molecular weight excluding hydrogens is 490 g/mol. The third kappa shape index (κ3) is 7.72. The van der Waals surface area contributed by atoms with E-state index in [1.165, 1.54) is 0 Å². The van der Waals surface area contributed by atoms with Gasteiger partial charge < -0.3 is 30.6 Å². The van der Waals surface area contributed by atoms with Gasteiger partial charge in [-0.15, -0.1) is 0 Å². The maximum atomic E-state index is 13.7. The Morgan fingerprint density at radius 1 is 1.03 bits per heavy atom. The van der Waals surface area contributed by atoms with Crippen LogP contribution >= 0.6 is 0 Å². The summed E-state index contributed by atoms with van der Waals surface area (Å²) in [5.41, 5.74) is 2.64. The fourth-order valence-corrected chi connectivity index (χ4v) is 4.58. The van der Waals surface area contributed by atoms with Crippen LogP contribution in [0.25, 0.3) is 0 Å². The van der Waals surface area contributed by atoms with Gasteiger partial charge in [0.1, 0.15) is 12.9 Å². The molecule has 0 radical (unpaired) electrons. The summed E-state index contributed by atoms with van der Waals surface area (Å²) < 4.78 is 5.32. The Morgan fingerprint density at radius 2 is 1.71 bits per heavy atom. The van der Waals surface area contributed by atoms with Crippen LogP contribution in [0.2, 0.25) is 0 Å². The van der Waals surface area contributed by atoms with Crippen molar-refractivity contribution in [1.29, 1.82) is 0 Å². The lowest BCUT2D eigenvalue weighted by Gasteiger charge is -2.28. The number of hydrogen-bond acceptors (Lipinski definition) is 7. The average molecular weight is 524 g/mol. The highest BCUT2D eigenvalue weighted by Crippen LogP contribution is 2.37. The molecule has 10 heteroatoms. The number of ketones is 1. The molecule has 1 aliphatic rings. The number of ether oxygens (including phenoxy) is 1. The first-order chi connectivity index (χ1) is 18.2. The SMILES string of the molecule is CC(C)C(NC(=O)OCc1ccccc1)C(=O)[C@H]1Cc2ccccc2C1NCC(=O)N[C@H](C=O)CC(=O)O. The van der Waals surface area contributed by atoms with Crippen LogP contribution in [0.15, 0.2) is 54.6 Å². The zero-order valence-corrected chi connectivity index (χ0v) is 21.4. The lowest BCUT2D eigenvalue weighted by atomic mass is 9.86. The molecule has 0 fully saturated rings. The van der Waals surface area contributed by atoms with Crippen molar-refractivity contribution in [3.05, 3.63) is 71.3 Å². The number of aldehydes is 1. The van der Waals surface area contributed by atoms with Crippen LogP contribution in [0.1, 0.15) is 43.0 Å². The first-order valence-electron chi connectivity index (χ1n) is 12.5. The van der Waals surface area contributed by atoms with Crippen molar-refractivity contribution in [1.82, 2.24) is 16.0 Å². The molecule has 0 spiro atoms. The highest BCUT2D eigenvalue weighted by molar-refractivity contribution is 5.91. The Morgan fingerprint density at radius 3 is 2.37 bits per heavy atom. The number of rotatable bonds is 13. The number of alkyl carbamates (subject to hydrolysis) is 1. The van der Waals surface area contributed by atoms with E-state index in [0.29, 0.717) is 12.7 Å². The van der Waals surface area contributed by atoms with E-state index in [-0.39, 0.29) is 24.9 Å². The summed E-state index contributed by atoms with van der Waals surface area (Å²) in [6.45, 7) is 3.51. The van der Waals surface area contributed by atoms with Gasteiger partial charge in [0.2, 0.25) is 5.91 Å². The van der Waals surface area contributed by atoms with Crippen LogP contribution in [0.4, 0.5) is 4.79 Å². The van der Waals surface area contributed by atoms with E-state index in [0.717, 1.165) is 16.7 Å². The van der Waals surface area contributed by atoms with E-state index < -0.39 is 48.4 Å². The highest BCUT2D eigenvalue weighted by atomic mass is 16.5. The summed E-state index contributed by atoms with van der Waals surface area (Å²) >= 11 is 0. The Labute approximate surface area is 221 Å². The molecule has 2 aromatic rings. The minimum absolute atomic E-state index is 0.0729. The Bertz CT molecular complexity index is 1150. The molecule has 0 heterocycles. The second kappa shape index (κ2) is 13.5. The van der Waals surface area contributed by atoms with Gasteiger partial charge in [-0.2, -0.15) is 0 Å². The lowest BCUT2D eigenvalue weighted by Crippen LogP contribution is -2.49. The van der Waals surface area contributed by atoms with E-state index in [1.807, 2.05) is 68.4 Å². The molecule has 10 nitrogen and oxygen atoms in total. The van der Waals surface area contributed by atoms with E-state index in [2.05, 4.69) is 16.0 Å². The van der Waals surface area contributed by atoms with Crippen molar-refractivity contribution in [2.24, 2.45) is 11.8 Å². The summed E-state index contributed by atoms with van der Waals surface area (Å²) in [4.78, 5) is 60.7. The summed E-state index contributed by atoms with van der Waals surface area (Å²) in [7, 11) is 0. The molecule has 1 aliphatic carbocycles. The second-order valence-corrected chi connectivity index (χ2v) is 9.61. The van der Waals surface area contributed by atoms with Crippen LogP contribution in [-0.4, -0.2) is 53.8 Å². The van der Waals surface area contributed by atoms with Crippen molar-refractivity contribution >= 4 is 30.0 Å². The lowest BCUT2D eigenvalue weighted by molar-refractivity contribution is -0.138. The fraction of sp³-hybridized carbons (Fsp3) is 0.393. The maximum absolute atomic E-state index is 13.7. The molecular formula is C28H33N3O7. The second-order valence-electron chi connectivity index (χ2n) is 9.61. The molecule has 2 amide bonds. The molecule has 0 aliphatic heterocycles. The van der Waals surface area contributed by atoms with Gasteiger partial charge in [-0.1, -0.05) is 68.4 Å². The molecule has 0 saturated carbocycles. The van der Waals surface area contributed by atoms with E-state index >= 15 is 0 Å². The van der Waals surface area contributed by atoms with Crippen molar-refractivity contribution in [2.45, 2.75) is 51.4 Å². The summed E-state index contributed by atoms with van der Waals surface area (Å²) in [5.74, 6) is -2.75. The molecule has 38 heavy (non-hydrogen) atoms. The van der Waals surface area contributed by atoms with Gasteiger partial charge in [-0.25, -0.2) is 4.79 Å². The van der Waals surface area contributed by atoms with Crippen LogP contribution in [0, 0.1) is 11.8 Å². The van der Waals surface area contributed by atoms with Crippen LogP contribution in [0.5, 0.6) is 0 Å². The Balaban J connectivity index is 1.68. The molecule has 2 aromatic carbocycles. The largest absolute Gasteiger partial charge is 0.481 e. The number of carbonyl (C=O) groups excluding carboxylic acids is 4. The zero-order chi connectivity index (χ0) is 27.7. The van der Waals surface area contributed by atoms with Crippen molar-refractivity contribution in [2.75, 3.05) is 6.54 Å². The van der Waals surface area contributed by atoms with E-state index in [4.69, 9.17) is 9.84 Å². The maximum Gasteiger partial charge on any atom is 0.408 e. The quantitative estimate of drug-likeness (QED) is 0.292. The highest BCUT2D eigenvalue weighted by Gasteiger charge is 2.41. The van der Waals surface area contributed by atoms with Crippen LogP contribution < -0.4 is 16.0 Å². The molecule has 0 saturated heterocycles. The van der Waals surface area contributed by atoms with E-state index in [1.54, 1.807) is 0 Å². The monoisotopic (exact) mass is 523 g/mol. The van der Waals surface area contributed by atoms with Crippen molar-refractivity contribution in [3.8, 4) is 0 Å². The molecule has 0 bridgehead atoms. The standard InChI is InChI=1S/C28H33N3O7/c1-17(2)25(31-28(37)38-16-18-8-4-3-5-9-18)27(36)22-12-19-10-6-7-11-21(19)26(22)29-14-23(33)30-20(15-32)13-24(34)35/h3-11,15,17,20,22,25-26,29H,12-14,16H2,1-2H3,(H,30,33)(H,31,37)(H,34,35)/t20-,22-,25?,26?/m0/s1. The number of amides is 2. The zero-order valence-electron chi connectivity index (χ0n) is 21.4. The number of carboxylic acid groups (broad SMARTS) is 1. The van der Waals surface area contributed by atoms with Gasteiger partial charge in [0.05, 0.1) is 25.0 Å². The van der Waals surface area contributed by atoms with Gasteiger partial charge in [0, 0.05) is 12.0 Å². The van der Waals surface area contributed by atoms with Crippen molar-refractivity contribution < 1.29 is 33.8 Å².